The van der Waals surface area contributed by atoms with Crippen LogP contribution >= 0.6 is 0 Å². The Morgan fingerprint density at radius 1 is 1.10 bits per heavy atom. The number of sulfonamides is 1. The zero-order valence-electron chi connectivity index (χ0n) is 17.5. The largest absolute Gasteiger partial charge is 0.496 e. The Morgan fingerprint density at radius 2 is 1.79 bits per heavy atom. The van der Waals surface area contributed by atoms with Crippen LogP contribution < -0.4 is 9.64 Å². The van der Waals surface area contributed by atoms with E-state index in [0.717, 1.165) is 22.4 Å². The maximum atomic E-state index is 13.1. The summed E-state index contributed by atoms with van der Waals surface area (Å²) in [7, 11) is -1.87. The van der Waals surface area contributed by atoms with E-state index in [1.54, 1.807) is 30.5 Å². The number of hydrogen-bond acceptors (Lipinski definition) is 4. The molecule has 0 unspecified atom stereocenters. The predicted octanol–water partition coefficient (Wildman–Crippen LogP) is 1.60. The number of carbonyl (C=O) groups is 1. The Bertz CT molecular complexity index is 1010. The highest BCUT2D eigenvalue weighted by Crippen LogP contribution is 2.22. The van der Waals surface area contributed by atoms with Crippen LogP contribution in [0.2, 0.25) is 0 Å². The summed E-state index contributed by atoms with van der Waals surface area (Å²) >= 11 is 0. The maximum absolute atomic E-state index is 13.1. The Hall–Kier alpha value is -2.22. The van der Waals surface area contributed by atoms with E-state index in [4.69, 9.17) is 4.74 Å². The fourth-order valence-corrected chi connectivity index (χ4v) is 5.50. The van der Waals surface area contributed by atoms with Crippen LogP contribution in [0.1, 0.15) is 34.0 Å². The number of aryl methyl sites for hydroxylation is 2. The van der Waals surface area contributed by atoms with Crippen molar-refractivity contribution in [3.05, 3.63) is 58.7 Å². The molecule has 1 saturated heterocycles. The molecule has 3 rings (SSSR count). The average Bonchev–Trinajstić information content (AvgIpc) is 2.70. The summed E-state index contributed by atoms with van der Waals surface area (Å²) in [4.78, 5) is 13.4. The summed E-state index contributed by atoms with van der Waals surface area (Å²) in [6.45, 7) is 8.34. The number of hydrogen-bond donors (Lipinski definition) is 1. The number of ketones is 1. The van der Waals surface area contributed by atoms with Gasteiger partial charge in [0.25, 0.3) is 0 Å². The minimum atomic E-state index is -3.49. The van der Waals surface area contributed by atoms with Gasteiger partial charge < -0.3 is 9.64 Å². The minimum Gasteiger partial charge on any atom is -0.496 e. The summed E-state index contributed by atoms with van der Waals surface area (Å²) in [5.74, 6) is 0.779. The Labute approximate surface area is 173 Å². The number of piperazine rings is 1. The van der Waals surface area contributed by atoms with Crippen molar-refractivity contribution in [2.24, 2.45) is 0 Å². The number of Topliss-reactive ketones (excluding diaryl/α,β-unsaturated/α-hetero) is 1. The molecule has 29 heavy (non-hydrogen) atoms. The van der Waals surface area contributed by atoms with Crippen LogP contribution in [-0.2, 0) is 16.6 Å². The Morgan fingerprint density at radius 3 is 2.41 bits per heavy atom. The van der Waals surface area contributed by atoms with Crippen molar-refractivity contribution in [2.45, 2.75) is 32.2 Å². The second-order valence-electron chi connectivity index (χ2n) is 7.68. The van der Waals surface area contributed by atoms with Crippen LogP contribution in [0.15, 0.2) is 41.3 Å². The number of rotatable bonds is 6. The Balaban J connectivity index is 1.72. The second kappa shape index (κ2) is 8.65. The first-order chi connectivity index (χ1) is 13.7. The highest BCUT2D eigenvalue weighted by Gasteiger charge is 2.31. The molecule has 0 aliphatic carbocycles. The van der Waals surface area contributed by atoms with Crippen molar-refractivity contribution in [1.29, 1.82) is 0 Å². The summed E-state index contributed by atoms with van der Waals surface area (Å²) < 4.78 is 33.2. The van der Waals surface area contributed by atoms with E-state index in [9.17, 15) is 13.2 Å². The number of nitrogens with one attached hydrogen (secondary N) is 1. The van der Waals surface area contributed by atoms with Gasteiger partial charge in [-0.3, -0.25) is 4.79 Å². The topological polar surface area (TPSA) is 68.1 Å². The molecule has 0 saturated carbocycles. The highest BCUT2D eigenvalue weighted by molar-refractivity contribution is 7.89. The van der Waals surface area contributed by atoms with E-state index in [0.29, 0.717) is 43.2 Å². The normalized spacial score (nSPS) is 16.0. The molecule has 6 nitrogen and oxygen atoms in total. The zero-order valence-corrected chi connectivity index (χ0v) is 18.3. The molecule has 1 aliphatic rings. The van der Waals surface area contributed by atoms with Crippen molar-refractivity contribution < 1.29 is 22.8 Å². The van der Waals surface area contributed by atoms with Crippen LogP contribution in [0.3, 0.4) is 0 Å². The Kier molecular flexibility index (Phi) is 6.41. The number of benzene rings is 2. The van der Waals surface area contributed by atoms with Gasteiger partial charge in [-0.15, -0.1) is 0 Å². The van der Waals surface area contributed by atoms with E-state index in [1.807, 2.05) is 38.1 Å². The number of ether oxygens (including phenoxy) is 1. The molecule has 2 aromatic rings. The molecule has 0 aromatic heterocycles. The first-order valence-electron chi connectivity index (χ1n) is 9.81. The molecular weight excluding hydrogens is 388 g/mol. The van der Waals surface area contributed by atoms with Gasteiger partial charge in [0, 0.05) is 11.1 Å². The predicted molar refractivity (Wildman–Crippen MR) is 112 cm³/mol. The maximum Gasteiger partial charge on any atom is 0.243 e. The lowest BCUT2D eigenvalue weighted by Crippen LogP contribution is -3.13. The lowest BCUT2D eigenvalue weighted by Gasteiger charge is -2.32. The molecule has 0 spiro atoms. The first kappa shape index (κ1) is 21.5. The number of quaternary nitrogens is 1. The van der Waals surface area contributed by atoms with Gasteiger partial charge in [-0.05, 0) is 56.2 Å². The van der Waals surface area contributed by atoms with Crippen molar-refractivity contribution >= 4 is 15.8 Å². The van der Waals surface area contributed by atoms with Gasteiger partial charge in [-0.1, -0.05) is 12.1 Å². The standard InChI is InChI=1S/C22H28N2O4S/c1-16-5-6-17(2)22(13-16)29(26,27)24-11-9-23(10-12-24)15-20-14-19(18(3)25)7-8-21(20)28-4/h5-8,13-14H,9-12,15H2,1-4H3/p+1. The van der Waals surface area contributed by atoms with Crippen molar-refractivity contribution in [3.63, 3.8) is 0 Å². The SMILES string of the molecule is COc1ccc(C(C)=O)cc1C[NH+]1CCN(S(=O)(=O)c2cc(C)ccc2C)CC1. The monoisotopic (exact) mass is 417 g/mol. The third-order valence-electron chi connectivity index (χ3n) is 5.52. The van der Waals surface area contributed by atoms with E-state index in [2.05, 4.69) is 0 Å². The van der Waals surface area contributed by atoms with Crippen LogP contribution in [-0.4, -0.2) is 51.8 Å². The fraction of sp³-hybridized carbons (Fsp3) is 0.409. The van der Waals surface area contributed by atoms with Crippen LogP contribution in [0, 0.1) is 13.8 Å². The number of nitrogens with zero attached hydrogens (tertiary/aromatic N) is 1. The molecule has 0 amide bonds. The molecule has 1 N–H and O–H groups in total. The van der Waals surface area contributed by atoms with E-state index < -0.39 is 10.0 Å². The van der Waals surface area contributed by atoms with Gasteiger partial charge in [0.2, 0.25) is 10.0 Å². The second-order valence-corrected chi connectivity index (χ2v) is 9.59. The minimum absolute atomic E-state index is 0.0216. The van der Waals surface area contributed by atoms with Crippen LogP contribution in [0.5, 0.6) is 5.75 Å². The molecule has 156 valence electrons. The molecule has 0 atom stereocenters. The summed E-state index contributed by atoms with van der Waals surface area (Å²) in [6, 6.07) is 11.0. The lowest BCUT2D eigenvalue weighted by molar-refractivity contribution is -0.917. The quantitative estimate of drug-likeness (QED) is 0.725. The number of methoxy groups -OCH3 is 1. The molecule has 7 heteroatoms. The van der Waals surface area contributed by atoms with Gasteiger partial charge in [-0.2, -0.15) is 4.31 Å². The molecule has 0 radical (unpaired) electrons. The smallest absolute Gasteiger partial charge is 0.243 e. The highest BCUT2D eigenvalue weighted by atomic mass is 32.2. The van der Waals surface area contributed by atoms with Gasteiger partial charge in [0.1, 0.15) is 12.3 Å². The average molecular weight is 418 g/mol. The van der Waals surface area contributed by atoms with E-state index >= 15 is 0 Å². The van der Waals surface area contributed by atoms with Crippen molar-refractivity contribution in [2.75, 3.05) is 33.3 Å². The van der Waals surface area contributed by atoms with Gasteiger partial charge in [0.05, 0.1) is 38.2 Å². The third-order valence-corrected chi connectivity index (χ3v) is 7.56. The number of carbonyl (C=O) groups excluding carboxylic acids is 1. The lowest BCUT2D eigenvalue weighted by atomic mass is 10.1. The summed E-state index contributed by atoms with van der Waals surface area (Å²) in [5, 5.41) is 0. The van der Waals surface area contributed by atoms with Gasteiger partial charge in [-0.25, -0.2) is 8.42 Å². The summed E-state index contributed by atoms with van der Waals surface area (Å²) in [5.41, 5.74) is 3.35. The molecule has 2 aromatic carbocycles. The molecule has 0 bridgehead atoms. The first-order valence-corrected chi connectivity index (χ1v) is 11.2. The zero-order chi connectivity index (χ0) is 21.2. The van der Waals surface area contributed by atoms with Crippen LogP contribution in [0.25, 0.3) is 0 Å². The molecule has 1 heterocycles. The van der Waals surface area contributed by atoms with Crippen molar-refractivity contribution in [1.82, 2.24) is 4.31 Å². The summed E-state index contributed by atoms with van der Waals surface area (Å²) in [6.07, 6.45) is 0. The molecular formula is C22H29N2O4S+. The fourth-order valence-electron chi connectivity index (χ4n) is 3.75. The van der Waals surface area contributed by atoms with Crippen molar-refractivity contribution in [3.8, 4) is 5.75 Å². The molecule has 1 fully saturated rings. The third kappa shape index (κ3) is 4.69. The van der Waals surface area contributed by atoms with E-state index in [1.165, 1.54) is 4.90 Å². The van der Waals surface area contributed by atoms with Gasteiger partial charge in [0.15, 0.2) is 5.78 Å². The molecule has 1 aliphatic heterocycles. The van der Waals surface area contributed by atoms with Crippen LogP contribution in [0.4, 0.5) is 0 Å². The van der Waals surface area contributed by atoms with Gasteiger partial charge >= 0.3 is 0 Å². The van der Waals surface area contributed by atoms with E-state index in [-0.39, 0.29) is 5.78 Å².